The molecule has 0 bridgehead atoms. The van der Waals surface area contributed by atoms with E-state index < -0.39 is 0 Å². The first-order valence-corrected chi connectivity index (χ1v) is 6.14. The summed E-state index contributed by atoms with van der Waals surface area (Å²) in [6.07, 6.45) is 3.86. The second-order valence-electron chi connectivity index (χ2n) is 4.18. The summed E-state index contributed by atoms with van der Waals surface area (Å²) in [5.74, 6) is 0. The highest BCUT2D eigenvalue weighted by Crippen LogP contribution is 2.16. The minimum atomic E-state index is 0.708. The summed E-state index contributed by atoms with van der Waals surface area (Å²) in [5.41, 5.74) is 4.02. The van der Waals surface area contributed by atoms with Crippen LogP contribution in [0.2, 0.25) is 0 Å². The highest BCUT2D eigenvalue weighted by molar-refractivity contribution is 6.13. The Bertz CT molecular complexity index is 536. The number of benzene rings is 2. The van der Waals surface area contributed by atoms with Gasteiger partial charge in [-0.1, -0.05) is 61.5 Å². The zero-order valence-corrected chi connectivity index (χ0v) is 10.5. The van der Waals surface area contributed by atoms with Gasteiger partial charge in [-0.25, -0.2) is 0 Å². The van der Waals surface area contributed by atoms with Gasteiger partial charge in [0.1, 0.15) is 0 Å². The number of carbonyl (C=O) groups excluding carboxylic acids is 1. The molecule has 0 heterocycles. The first-order valence-electron chi connectivity index (χ1n) is 6.14. The topological polar surface area (TPSA) is 17.1 Å². The number of hydrogen-bond donors (Lipinski definition) is 0. The van der Waals surface area contributed by atoms with Gasteiger partial charge in [0.15, 0.2) is 6.29 Å². The van der Waals surface area contributed by atoms with Crippen molar-refractivity contribution in [2.24, 2.45) is 0 Å². The lowest BCUT2D eigenvalue weighted by Gasteiger charge is -2.01. The summed E-state index contributed by atoms with van der Waals surface area (Å²) in [7, 11) is 0. The predicted molar refractivity (Wildman–Crippen MR) is 76.2 cm³/mol. The first-order chi connectivity index (χ1) is 8.83. The number of aryl methyl sites for hydroxylation is 1. The normalized spacial score (nSPS) is 11.3. The van der Waals surface area contributed by atoms with Crippen LogP contribution in [0.1, 0.15) is 23.6 Å². The maximum Gasteiger partial charge on any atom is 0.150 e. The van der Waals surface area contributed by atoms with Crippen LogP contribution in [0.15, 0.2) is 54.6 Å². The third-order valence-corrected chi connectivity index (χ3v) is 2.94. The highest BCUT2D eigenvalue weighted by Gasteiger charge is 1.99. The second-order valence-corrected chi connectivity index (χ2v) is 4.18. The van der Waals surface area contributed by atoms with Gasteiger partial charge in [-0.3, -0.25) is 4.79 Å². The van der Waals surface area contributed by atoms with Gasteiger partial charge < -0.3 is 0 Å². The molecule has 0 N–H and O–H groups in total. The smallest absolute Gasteiger partial charge is 0.150 e. The Morgan fingerprint density at radius 2 is 1.67 bits per heavy atom. The Balaban J connectivity index is 2.32. The largest absolute Gasteiger partial charge is 0.298 e. The molecule has 1 nitrogen and oxygen atoms in total. The molecule has 90 valence electrons. The standard InChI is InChI=1S/C17H16O/c1-2-14-8-10-15(11-9-14)12-17(13-18)16-6-4-3-5-7-16/h3-13H,2H2,1H3/b17-12-. The zero-order chi connectivity index (χ0) is 12.8. The van der Waals surface area contributed by atoms with Gasteiger partial charge in [0.05, 0.1) is 0 Å². The Hall–Kier alpha value is -2.15. The molecular weight excluding hydrogens is 220 g/mol. The van der Waals surface area contributed by atoms with Crippen molar-refractivity contribution in [3.8, 4) is 0 Å². The number of carbonyl (C=O) groups is 1. The summed E-state index contributed by atoms with van der Waals surface area (Å²) < 4.78 is 0. The molecule has 0 fully saturated rings. The highest BCUT2D eigenvalue weighted by atomic mass is 16.1. The molecule has 2 aromatic rings. The molecule has 0 radical (unpaired) electrons. The Morgan fingerprint density at radius 3 is 2.22 bits per heavy atom. The zero-order valence-electron chi connectivity index (χ0n) is 10.5. The lowest BCUT2D eigenvalue weighted by molar-refractivity contribution is -0.103. The van der Waals surface area contributed by atoms with E-state index in [-0.39, 0.29) is 0 Å². The SMILES string of the molecule is CCc1ccc(/C=C(/C=O)c2ccccc2)cc1. The Labute approximate surface area is 108 Å². The molecular formula is C17H16O. The third kappa shape index (κ3) is 2.95. The van der Waals surface area contributed by atoms with Gasteiger partial charge in [0, 0.05) is 5.57 Å². The van der Waals surface area contributed by atoms with Crippen molar-refractivity contribution in [2.45, 2.75) is 13.3 Å². The minimum Gasteiger partial charge on any atom is -0.298 e. The van der Waals surface area contributed by atoms with E-state index in [1.165, 1.54) is 5.56 Å². The van der Waals surface area contributed by atoms with E-state index in [0.29, 0.717) is 5.57 Å². The van der Waals surface area contributed by atoms with Crippen LogP contribution in [0.25, 0.3) is 11.6 Å². The molecule has 0 unspecified atom stereocenters. The van der Waals surface area contributed by atoms with E-state index >= 15 is 0 Å². The Kier molecular flexibility index (Phi) is 4.08. The van der Waals surface area contributed by atoms with Crippen molar-refractivity contribution in [3.05, 3.63) is 71.3 Å². The Morgan fingerprint density at radius 1 is 1.00 bits per heavy atom. The third-order valence-electron chi connectivity index (χ3n) is 2.94. The van der Waals surface area contributed by atoms with Crippen molar-refractivity contribution in [2.75, 3.05) is 0 Å². The number of aldehydes is 1. The van der Waals surface area contributed by atoms with Crippen LogP contribution in [0, 0.1) is 0 Å². The molecule has 0 aromatic heterocycles. The van der Waals surface area contributed by atoms with Crippen molar-refractivity contribution in [1.82, 2.24) is 0 Å². The van der Waals surface area contributed by atoms with Gasteiger partial charge in [-0.05, 0) is 29.2 Å². The molecule has 0 spiro atoms. The molecule has 0 atom stereocenters. The van der Waals surface area contributed by atoms with Crippen molar-refractivity contribution < 1.29 is 4.79 Å². The lowest BCUT2D eigenvalue weighted by atomic mass is 10.0. The van der Waals surface area contributed by atoms with Crippen LogP contribution < -0.4 is 0 Å². The van der Waals surface area contributed by atoms with Crippen LogP contribution in [0.3, 0.4) is 0 Å². The predicted octanol–water partition coefficient (Wildman–Crippen LogP) is 3.99. The maximum atomic E-state index is 11.2. The molecule has 0 aliphatic rings. The van der Waals surface area contributed by atoms with Gasteiger partial charge >= 0.3 is 0 Å². The van der Waals surface area contributed by atoms with Crippen LogP contribution in [0.4, 0.5) is 0 Å². The number of allylic oxidation sites excluding steroid dienone is 1. The molecule has 2 rings (SSSR count). The second kappa shape index (κ2) is 5.97. The van der Waals surface area contributed by atoms with E-state index in [1.807, 2.05) is 48.5 Å². The molecule has 0 saturated carbocycles. The summed E-state index contributed by atoms with van der Waals surface area (Å²) in [6.45, 7) is 2.13. The number of hydrogen-bond acceptors (Lipinski definition) is 1. The van der Waals surface area contributed by atoms with Gasteiger partial charge in [-0.2, -0.15) is 0 Å². The van der Waals surface area contributed by atoms with E-state index in [0.717, 1.165) is 23.8 Å². The number of rotatable bonds is 4. The summed E-state index contributed by atoms with van der Waals surface area (Å²) in [5, 5.41) is 0. The van der Waals surface area contributed by atoms with Crippen molar-refractivity contribution in [3.63, 3.8) is 0 Å². The molecule has 0 amide bonds. The quantitative estimate of drug-likeness (QED) is 0.445. The van der Waals surface area contributed by atoms with Crippen LogP contribution in [0.5, 0.6) is 0 Å². The lowest BCUT2D eigenvalue weighted by Crippen LogP contribution is -1.86. The van der Waals surface area contributed by atoms with Crippen molar-refractivity contribution in [1.29, 1.82) is 0 Å². The van der Waals surface area contributed by atoms with E-state index in [4.69, 9.17) is 0 Å². The average molecular weight is 236 g/mol. The van der Waals surface area contributed by atoms with Gasteiger partial charge in [0.2, 0.25) is 0 Å². The van der Waals surface area contributed by atoms with Gasteiger partial charge in [0.25, 0.3) is 0 Å². The fourth-order valence-electron chi connectivity index (χ4n) is 1.85. The van der Waals surface area contributed by atoms with Crippen LogP contribution in [-0.4, -0.2) is 6.29 Å². The van der Waals surface area contributed by atoms with Crippen LogP contribution >= 0.6 is 0 Å². The molecule has 0 aliphatic carbocycles. The minimum absolute atomic E-state index is 0.708. The molecule has 2 aromatic carbocycles. The van der Waals surface area contributed by atoms with Gasteiger partial charge in [-0.15, -0.1) is 0 Å². The molecule has 0 saturated heterocycles. The maximum absolute atomic E-state index is 11.2. The van der Waals surface area contributed by atoms with E-state index in [2.05, 4.69) is 19.1 Å². The van der Waals surface area contributed by atoms with E-state index in [9.17, 15) is 4.79 Å². The summed E-state index contributed by atoms with van der Waals surface area (Å²) >= 11 is 0. The fraction of sp³-hybridized carbons (Fsp3) is 0.118. The van der Waals surface area contributed by atoms with Crippen LogP contribution in [-0.2, 0) is 11.2 Å². The van der Waals surface area contributed by atoms with E-state index in [1.54, 1.807) is 0 Å². The summed E-state index contributed by atoms with van der Waals surface area (Å²) in [6, 6.07) is 18.0. The molecule has 1 heteroatoms. The fourth-order valence-corrected chi connectivity index (χ4v) is 1.85. The average Bonchev–Trinajstić information content (AvgIpc) is 2.46. The van der Waals surface area contributed by atoms with Crippen molar-refractivity contribution >= 4 is 17.9 Å². The first kappa shape index (κ1) is 12.3. The molecule has 0 aliphatic heterocycles. The summed E-state index contributed by atoms with van der Waals surface area (Å²) in [4.78, 5) is 11.2. The molecule has 18 heavy (non-hydrogen) atoms. The monoisotopic (exact) mass is 236 g/mol.